The van der Waals surface area contributed by atoms with Crippen LogP contribution in [0.25, 0.3) is 10.9 Å². The zero-order valence-corrected chi connectivity index (χ0v) is 8.32. The van der Waals surface area contributed by atoms with E-state index >= 15 is 0 Å². The van der Waals surface area contributed by atoms with E-state index in [-0.39, 0.29) is 5.60 Å². The zero-order valence-electron chi connectivity index (χ0n) is 8.32. The minimum Gasteiger partial charge on any atom is -0.363 e. The summed E-state index contributed by atoms with van der Waals surface area (Å²) in [5.41, 5.74) is 2.09. The first-order valence-corrected chi connectivity index (χ1v) is 4.77. The standard InChI is InChI=1S/C11H12N2O/c1-11(7-14-11)10-8-5-3-4-6-9(8)13(2)12-10/h3-6H,7H2,1-2H3. The molecule has 0 spiro atoms. The van der Waals surface area contributed by atoms with Gasteiger partial charge in [-0.3, -0.25) is 4.68 Å². The minimum atomic E-state index is -0.138. The van der Waals surface area contributed by atoms with Crippen LogP contribution in [0.15, 0.2) is 24.3 Å². The summed E-state index contributed by atoms with van der Waals surface area (Å²) in [7, 11) is 1.97. The van der Waals surface area contributed by atoms with Crippen molar-refractivity contribution in [2.45, 2.75) is 12.5 Å². The van der Waals surface area contributed by atoms with Crippen LogP contribution in [-0.4, -0.2) is 16.4 Å². The molecule has 3 heteroatoms. The maximum atomic E-state index is 5.43. The van der Waals surface area contributed by atoms with Crippen LogP contribution in [0.5, 0.6) is 0 Å². The number of rotatable bonds is 1. The van der Waals surface area contributed by atoms with Crippen molar-refractivity contribution in [1.82, 2.24) is 9.78 Å². The molecule has 2 heterocycles. The molecular formula is C11H12N2O. The molecule has 1 aromatic heterocycles. The number of aryl methyl sites for hydroxylation is 1. The summed E-state index contributed by atoms with van der Waals surface area (Å²) in [5.74, 6) is 0. The molecule has 14 heavy (non-hydrogen) atoms. The maximum Gasteiger partial charge on any atom is 0.133 e. The van der Waals surface area contributed by atoms with E-state index in [1.807, 2.05) is 23.9 Å². The Labute approximate surface area is 82.3 Å². The number of hydrogen-bond donors (Lipinski definition) is 0. The van der Waals surface area contributed by atoms with Crippen molar-refractivity contribution in [3.05, 3.63) is 30.0 Å². The Balaban J connectivity index is 2.34. The van der Waals surface area contributed by atoms with Gasteiger partial charge in [0.1, 0.15) is 11.3 Å². The Morgan fingerprint density at radius 3 is 2.86 bits per heavy atom. The molecule has 0 aliphatic carbocycles. The average Bonchev–Trinajstić information content (AvgIpc) is 2.84. The van der Waals surface area contributed by atoms with Crippen LogP contribution >= 0.6 is 0 Å². The summed E-state index contributed by atoms with van der Waals surface area (Å²) < 4.78 is 7.34. The molecule has 3 rings (SSSR count). The summed E-state index contributed by atoms with van der Waals surface area (Å²) in [4.78, 5) is 0. The van der Waals surface area contributed by atoms with Gasteiger partial charge in [0.05, 0.1) is 12.1 Å². The normalized spacial score (nSPS) is 25.6. The lowest BCUT2D eigenvalue weighted by Crippen LogP contribution is -2.04. The molecule has 1 aliphatic heterocycles. The van der Waals surface area contributed by atoms with Crippen LogP contribution in [-0.2, 0) is 17.4 Å². The molecule has 0 bridgehead atoms. The molecule has 0 saturated carbocycles. The predicted octanol–water partition coefficient (Wildman–Crippen LogP) is 1.82. The Morgan fingerprint density at radius 1 is 1.43 bits per heavy atom. The highest BCUT2D eigenvalue weighted by Crippen LogP contribution is 2.40. The van der Waals surface area contributed by atoms with Gasteiger partial charge in [0.25, 0.3) is 0 Å². The van der Waals surface area contributed by atoms with Gasteiger partial charge < -0.3 is 4.74 Å². The number of ether oxygens (including phenoxy) is 1. The van der Waals surface area contributed by atoms with E-state index in [1.54, 1.807) is 0 Å². The molecule has 1 atom stereocenters. The van der Waals surface area contributed by atoms with Crippen molar-refractivity contribution in [1.29, 1.82) is 0 Å². The maximum absolute atomic E-state index is 5.43. The van der Waals surface area contributed by atoms with Gasteiger partial charge in [-0.15, -0.1) is 0 Å². The second kappa shape index (κ2) is 2.36. The largest absolute Gasteiger partial charge is 0.363 e. The number of epoxide rings is 1. The van der Waals surface area contributed by atoms with E-state index in [0.29, 0.717) is 0 Å². The first-order chi connectivity index (χ1) is 6.71. The third kappa shape index (κ3) is 0.930. The number of aromatic nitrogens is 2. The highest BCUT2D eigenvalue weighted by molar-refractivity contribution is 5.83. The number of para-hydroxylation sites is 1. The average molecular weight is 188 g/mol. The van der Waals surface area contributed by atoms with Crippen molar-refractivity contribution in [3.8, 4) is 0 Å². The minimum absolute atomic E-state index is 0.138. The van der Waals surface area contributed by atoms with E-state index in [9.17, 15) is 0 Å². The quantitative estimate of drug-likeness (QED) is 0.639. The molecule has 1 saturated heterocycles. The van der Waals surface area contributed by atoms with Gasteiger partial charge in [-0.2, -0.15) is 5.10 Å². The third-order valence-electron chi connectivity index (χ3n) is 2.84. The van der Waals surface area contributed by atoms with Crippen LogP contribution in [0.1, 0.15) is 12.6 Å². The Hall–Kier alpha value is -1.35. The lowest BCUT2D eigenvalue weighted by Gasteiger charge is -1.99. The Morgan fingerprint density at radius 2 is 2.14 bits per heavy atom. The Kier molecular flexibility index (Phi) is 1.35. The molecule has 2 aromatic rings. The van der Waals surface area contributed by atoms with E-state index in [4.69, 9.17) is 4.74 Å². The highest BCUT2D eigenvalue weighted by atomic mass is 16.6. The van der Waals surface area contributed by atoms with E-state index in [1.165, 1.54) is 10.9 Å². The summed E-state index contributed by atoms with van der Waals surface area (Å²) in [6, 6.07) is 8.26. The van der Waals surface area contributed by atoms with E-state index in [2.05, 4.69) is 24.2 Å². The van der Waals surface area contributed by atoms with Gasteiger partial charge in [0.2, 0.25) is 0 Å². The van der Waals surface area contributed by atoms with Crippen LogP contribution in [0.4, 0.5) is 0 Å². The van der Waals surface area contributed by atoms with Crippen LogP contribution in [0.3, 0.4) is 0 Å². The highest BCUT2D eigenvalue weighted by Gasteiger charge is 2.44. The smallest absolute Gasteiger partial charge is 0.133 e. The molecule has 1 aromatic carbocycles. The number of benzene rings is 1. The van der Waals surface area contributed by atoms with Crippen molar-refractivity contribution in [2.75, 3.05) is 6.61 Å². The predicted molar refractivity (Wildman–Crippen MR) is 54.0 cm³/mol. The first-order valence-electron chi connectivity index (χ1n) is 4.77. The fraction of sp³-hybridized carbons (Fsp3) is 0.364. The molecule has 1 aliphatic rings. The molecule has 1 unspecified atom stereocenters. The lowest BCUT2D eigenvalue weighted by molar-refractivity contribution is 0.323. The zero-order chi connectivity index (χ0) is 9.76. The first kappa shape index (κ1) is 8.00. The number of nitrogens with zero attached hydrogens (tertiary/aromatic N) is 2. The van der Waals surface area contributed by atoms with Gasteiger partial charge in [-0.25, -0.2) is 0 Å². The van der Waals surface area contributed by atoms with Gasteiger partial charge >= 0.3 is 0 Å². The fourth-order valence-electron chi connectivity index (χ4n) is 1.85. The molecule has 0 radical (unpaired) electrons. The van der Waals surface area contributed by atoms with Gasteiger partial charge in [-0.1, -0.05) is 18.2 Å². The molecule has 1 fully saturated rings. The van der Waals surface area contributed by atoms with Gasteiger partial charge in [-0.05, 0) is 13.0 Å². The summed E-state index contributed by atoms with van der Waals surface area (Å²) in [6.07, 6.45) is 0. The van der Waals surface area contributed by atoms with E-state index in [0.717, 1.165) is 12.3 Å². The SMILES string of the molecule is Cn1nc(C2(C)CO2)c2ccccc21. The topological polar surface area (TPSA) is 30.4 Å². The van der Waals surface area contributed by atoms with Crippen molar-refractivity contribution in [2.24, 2.45) is 7.05 Å². The lowest BCUT2D eigenvalue weighted by atomic mass is 10.1. The van der Waals surface area contributed by atoms with E-state index < -0.39 is 0 Å². The fourth-order valence-corrected chi connectivity index (χ4v) is 1.85. The van der Waals surface area contributed by atoms with Crippen LogP contribution in [0, 0.1) is 0 Å². The molecule has 72 valence electrons. The Bertz CT molecular complexity index is 497. The monoisotopic (exact) mass is 188 g/mol. The summed E-state index contributed by atoms with van der Waals surface area (Å²) in [6.45, 7) is 2.87. The number of hydrogen-bond acceptors (Lipinski definition) is 2. The van der Waals surface area contributed by atoms with Gasteiger partial charge in [0.15, 0.2) is 0 Å². The second-order valence-corrected chi connectivity index (χ2v) is 4.01. The van der Waals surface area contributed by atoms with Crippen molar-refractivity contribution < 1.29 is 4.74 Å². The summed E-state index contributed by atoms with van der Waals surface area (Å²) in [5, 5.41) is 5.72. The molecule has 3 nitrogen and oxygen atoms in total. The van der Waals surface area contributed by atoms with Crippen LogP contribution in [0.2, 0.25) is 0 Å². The molecular weight excluding hydrogens is 176 g/mol. The van der Waals surface area contributed by atoms with Gasteiger partial charge in [0, 0.05) is 12.4 Å². The summed E-state index contributed by atoms with van der Waals surface area (Å²) >= 11 is 0. The molecule has 0 amide bonds. The second-order valence-electron chi connectivity index (χ2n) is 4.01. The van der Waals surface area contributed by atoms with Crippen molar-refractivity contribution in [3.63, 3.8) is 0 Å². The van der Waals surface area contributed by atoms with Crippen molar-refractivity contribution >= 4 is 10.9 Å². The number of fused-ring (bicyclic) bond motifs is 1. The molecule has 0 N–H and O–H groups in total. The third-order valence-corrected chi connectivity index (χ3v) is 2.84. The van der Waals surface area contributed by atoms with Crippen LogP contribution < -0.4 is 0 Å².